The molecule has 24 heavy (non-hydrogen) atoms. The van der Waals surface area contributed by atoms with Gasteiger partial charge in [0.25, 0.3) is 5.91 Å². The van der Waals surface area contributed by atoms with Crippen molar-refractivity contribution in [2.75, 3.05) is 53.6 Å². The SMILES string of the molecule is COc1cccc(C(=O)NC[C@@H]2CN(C)CCO2)c1OCCCN. The average Bonchev–Trinajstić information content (AvgIpc) is 2.60. The maximum absolute atomic E-state index is 12.6. The van der Waals surface area contributed by atoms with E-state index in [0.717, 1.165) is 13.1 Å². The van der Waals surface area contributed by atoms with Crippen LogP contribution in [0.5, 0.6) is 11.5 Å². The largest absolute Gasteiger partial charge is 0.493 e. The molecule has 0 bridgehead atoms. The summed E-state index contributed by atoms with van der Waals surface area (Å²) in [6.07, 6.45) is 0.710. The van der Waals surface area contributed by atoms with Gasteiger partial charge in [0, 0.05) is 19.6 Å². The van der Waals surface area contributed by atoms with E-state index in [1.807, 2.05) is 7.05 Å². The lowest BCUT2D eigenvalue weighted by atomic mass is 10.1. The summed E-state index contributed by atoms with van der Waals surface area (Å²) in [7, 11) is 3.60. The van der Waals surface area contributed by atoms with Crippen molar-refractivity contribution in [2.24, 2.45) is 5.73 Å². The number of methoxy groups -OCH3 is 1. The lowest BCUT2D eigenvalue weighted by molar-refractivity contribution is -0.0175. The number of rotatable bonds is 8. The molecule has 0 saturated carbocycles. The van der Waals surface area contributed by atoms with E-state index in [4.69, 9.17) is 19.9 Å². The van der Waals surface area contributed by atoms with E-state index < -0.39 is 0 Å². The first-order valence-corrected chi connectivity index (χ1v) is 8.24. The molecule has 0 aliphatic carbocycles. The minimum Gasteiger partial charge on any atom is -0.493 e. The van der Waals surface area contributed by atoms with Crippen LogP contribution in [0, 0.1) is 0 Å². The number of nitrogens with one attached hydrogen (secondary N) is 1. The van der Waals surface area contributed by atoms with Crippen LogP contribution in [0.1, 0.15) is 16.8 Å². The van der Waals surface area contributed by atoms with Crippen LogP contribution >= 0.6 is 0 Å². The van der Waals surface area contributed by atoms with Crippen molar-refractivity contribution in [1.82, 2.24) is 10.2 Å². The summed E-state index contributed by atoms with van der Waals surface area (Å²) in [6, 6.07) is 5.27. The Bertz CT molecular complexity index is 539. The maximum Gasteiger partial charge on any atom is 0.255 e. The van der Waals surface area contributed by atoms with Crippen LogP contribution in [0.25, 0.3) is 0 Å². The molecule has 1 heterocycles. The Balaban J connectivity index is 2.01. The van der Waals surface area contributed by atoms with Crippen molar-refractivity contribution in [3.8, 4) is 11.5 Å². The minimum atomic E-state index is -0.200. The smallest absolute Gasteiger partial charge is 0.255 e. The molecule has 1 amide bonds. The molecule has 7 nitrogen and oxygen atoms in total. The first kappa shape index (κ1) is 18.5. The van der Waals surface area contributed by atoms with E-state index in [1.54, 1.807) is 25.3 Å². The monoisotopic (exact) mass is 337 g/mol. The van der Waals surface area contributed by atoms with Gasteiger partial charge in [-0.1, -0.05) is 6.07 Å². The predicted molar refractivity (Wildman–Crippen MR) is 91.7 cm³/mol. The number of carbonyl (C=O) groups is 1. The summed E-state index contributed by atoms with van der Waals surface area (Å²) in [5, 5.41) is 2.92. The normalized spacial score (nSPS) is 18.2. The molecule has 1 atom stereocenters. The zero-order chi connectivity index (χ0) is 17.4. The molecule has 2 rings (SSSR count). The molecular weight excluding hydrogens is 310 g/mol. The van der Waals surface area contributed by atoms with Crippen LogP contribution in [-0.2, 0) is 4.74 Å². The van der Waals surface area contributed by atoms with E-state index in [9.17, 15) is 4.79 Å². The van der Waals surface area contributed by atoms with Crippen molar-refractivity contribution in [3.63, 3.8) is 0 Å². The number of nitrogens with zero attached hydrogens (tertiary/aromatic N) is 1. The van der Waals surface area contributed by atoms with Crippen LogP contribution < -0.4 is 20.5 Å². The second-order valence-corrected chi connectivity index (χ2v) is 5.79. The highest BCUT2D eigenvalue weighted by atomic mass is 16.5. The fourth-order valence-electron chi connectivity index (χ4n) is 2.55. The van der Waals surface area contributed by atoms with Gasteiger partial charge in [0.2, 0.25) is 0 Å². The van der Waals surface area contributed by atoms with Gasteiger partial charge in [0.05, 0.1) is 32.0 Å². The molecule has 1 aromatic rings. The van der Waals surface area contributed by atoms with Gasteiger partial charge in [0.15, 0.2) is 11.5 Å². The summed E-state index contributed by atoms with van der Waals surface area (Å²) >= 11 is 0. The number of amides is 1. The van der Waals surface area contributed by atoms with E-state index in [-0.39, 0.29) is 12.0 Å². The van der Waals surface area contributed by atoms with Gasteiger partial charge in [-0.25, -0.2) is 0 Å². The topological polar surface area (TPSA) is 86.0 Å². The zero-order valence-corrected chi connectivity index (χ0v) is 14.4. The first-order chi connectivity index (χ1) is 11.7. The number of ether oxygens (including phenoxy) is 3. The van der Waals surface area contributed by atoms with E-state index in [2.05, 4.69) is 10.2 Å². The van der Waals surface area contributed by atoms with Gasteiger partial charge in [-0.15, -0.1) is 0 Å². The number of hydrogen-bond acceptors (Lipinski definition) is 6. The van der Waals surface area contributed by atoms with Gasteiger partial charge in [-0.2, -0.15) is 0 Å². The van der Waals surface area contributed by atoms with E-state index in [0.29, 0.717) is 49.8 Å². The molecular formula is C17H27N3O4. The number of nitrogens with two attached hydrogens (primary N) is 1. The van der Waals surface area contributed by atoms with Crippen molar-refractivity contribution in [2.45, 2.75) is 12.5 Å². The summed E-state index contributed by atoms with van der Waals surface area (Å²) < 4.78 is 16.7. The Morgan fingerprint density at radius 3 is 3.04 bits per heavy atom. The number of hydrogen-bond donors (Lipinski definition) is 2. The van der Waals surface area contributed by atoms with Crippen molar-refractivity contribution in [3.05, 3.63) is 23.8 Å². The Morgan fingerprint density at radius 2 is 2.33 bits per heavy atom. The fourth-order valence-corrected chi connectivity index (χ4v) is 2.55. The van der Waals surface area contributed by atoms with Crippen LogP contribution in [0.4, 0.5) is 0 Å². The van der Waals surface area contributed by atoms with Gasteiger partial charge in [-0.05, 0) is 32.1 Å². The number of benzene rings is 1. The number of carbonyl (C=O) groups excluding carboxylic acids is 1. The molecule has 0 radical (unpaired) electrons. The predicted octanol–water partition coefficient (Wildman–Crippen LogP) is 0.483. The number of likely N-dealkylation sites (N-methyl/N-ethyl adjacent to an activating group) is 1. The molecule has 1 fully saturated rings. The van der Waals surface area contributed by atoms with Crippen molar-refractivity contribution < 1.29 is 19.0 Å². The van der Waals surface area contributed by atoms with Gasteiger partial charge >= 0.3 is 0 Å². The number of para-hydroxylation sites is 1. The minimum absolute atomic E-state index is 0.0000775. The fraction of sp³-hybridized carbons (Fsp3) is 0.588. The van der Waals surface area contributed by atoms with E-state index in [1.165, 1.54) is 0 Å². The molecule has 1 saturated heterocycles. The van der Waals surface area contributed by atoms with Crippen molar-refractivity contribution in [1.29, 1.82) is 0 Å². The van der Waals surface area contributed by atoms with E-state index >= 15 is 0 Å². The highest BCUT2D eigenvalue weighted by molar-refractivity contribution is 5.97. The highest BCUT2D eigenvalue weighted by Gasteiger charge is 2.21. The summed E-state index contributed by atoms with van der Waals surface area (Å²) in [5.41, 5.74) is 5.95. The molecule has 0 spiro atoms. The van der Waals surface area contributed by atoms with Gasteiger partial charge in [0.1, 0.15) is 0 Å². The Kier molecular flexibility index (Phi) is 7.30. The Hall–Kier alpha value is -1.83. The van der Waals surface area contributed by atoms with Crippen LogP contribution in [-0.4, -0.2) is 70.5 Å². The molecule has 134 valence electrons. The van der Waals surface area contributed by atoms with Crippen LogP contribution in [0.2, 0.25) is 0 Å². The molecule has 7 heteroatoms. The van der Waals surface area contributed by atoms with Gasteiger partial charge < -0.3 is 30.2 Å². The Labute approximate surface area is 143 Å². The average molecular weight is 337 g/mol. The third kappa shape index (κ3) is 5.09. The molecule has 1 aromatic carbocycles. The second-order valence-electron chi connectivity index (χ2n) is 5.79. The molecule has 3 N–H and O–H groups in total. The van der Waals surface area contributed by atoms with Gasteiger partial charge in [-0.3, -0.25) is 4.79 Å². The van der Waals surface area contributed by atoms with Crippen LogP contribution in [0.15, 0.2) is 18.2 Å². The molecule has 0 unspecified atom stereocenters. The van der Waals surface area contributed by atoms with Crippen molar-refractivity contribution >= 4 is 5.91 Å². The molecule has 1 aliphatic rings. The Morgan fingerprint density at radius 1 is 1.50 bits per heavy atom. The lowest BCUT2D eigenvalue weighted by Crippen LogP contribution is -2.45. The van der Waals surface area contributed by atoms with Crippen LogP contribution in [0.3, 0.4) is 0 Å². The third-order valence-electron chi connectivity index (χ3n) is 3.87. The standard InChI is InChI=1S/C17H27N3O4/c1-20-8-10-23-13(12-20)11-19-17(21)14-5-3-6-15(22-2)16(14)24-9-4-7-18/h3,5-6,13H,4,7-12,18H2,1-2H3,(H,19,21)/t13-/m1/s1. The quantitative estimate of drug-likeness (QED) is 0.671. The third-order valence-corrected chi connectivity index (χ3v) is 3.87. The highest BCUT2D eigenvalue weighted by Crippen LogP contribution is 2.31. The first-order valence-electron chi connectivity index (χ1n) is 8.24. The number of morpholine rings is 1. The summed E-state index contributed by atoms with van der Waals surface area (Å²) in [5.74, 6) is 0.787. The summed E-state index contributed by atoms with van der Waals surface area (Å²) in [6.45, 7) is 3.83. The molecule has 0 aromatic heterocycles. The zero-order valence-electron chi connectivity index (χ0n) is 14.4. The lowest BCUT2D eigenvalue weighted by Gasteiger charge is -2.30. The maximum atomic E-state index is 12.6. The molecule has 1 aliphatic heterocycles. The second kappa shape index (κ2) is 9.46. The summed E-state index contributed by atoms with van der Waals surface area (Å²) in [4.78, 5) is 14.7.